The number of aliphatic hydroxyl groups is 2. The minimum absolute atomic E-state index is 0.0153. The molecule has 0 saturated heterocycles. The van der Waals surface area contributed by atoms with E-state index in [2.05, 4.69) is 111 Å². The largest absolute Gasteiger partial charge is 0.462 e. The normalized spacial score (nSPS) is 14.2. The van der Waals surface area contributed by atoms with E-state index in [0.29, 0.717) is 19.3 Å². The first kappa shape index (κ1) is 59.5. The molecule has 0 radical (unpaired) electrons. The van der Waals surface area contributed by atoms with Crippen molar-refractivity contribution in [1.29, 1.82) is 0 Å². The predicted octanol–water partition coefficient (Wildman–Crippen LogP) is 15.5. The molecule has 0 aromatic rings. The summed E-state index contributed by atoms with van der Waals surface area (Å²) in [6, 6.07) is -0.736. The van der Waals surface area contributed by atoms with Crippen LogP contribution in [0, 0.1) is 0 Å². The van der Waals surface area contributed by atoms with E-state index in [1.807, 2.05) is 24.3 Å². The van der Waals surface area contributed by atoms with Gasteiger partial charge in [0, 0.05) is 6.42 Å². The van der Waals surface area contributed by atoms with E-state index < -0.39 is 18.2 Å². The Morgan fingerprint density at radius 3 is 1.44 bits per heavy atom. The number of hydrogen-bond acceptors (Lipinski definition) is 5. The highest BCUT2D eigenvalue weighted by molar-refractivity contribution is 5.77. The third-order valence-corrected chi connectivity index (χ3v) is 10.9. The van der Waals surface area contributed by atoms with Crippen molar-refractivity contribution in [3.63, 3.8) is 0 Å². The maximum Gasteiger partial charge on any atom is 0.306 e. The van der Waals surface area contributed by atoms with Crippen LogP contribution in [0.25, 0.3) is 0 Å². The molecule has 0 aromatic heterocycles. The standard InChI is InChI=1S/C57H95NO5/c1-4-7-10-13-16-19-22-25-27-29-31-33-36-39-42-45-48-53(63-57(62)50-47-44-41-38-35-32-30-28-26-23-20-17-14-11-8-5-2)51-56(61)58-54(52-59)55(60)49-46-43-40-37-34-24-21-18-15-12-9-6-3/h8,11,16-17,19-20,22,25-29,31-33,35,41,44,53-55,59-60H,4-7,9-10,12-15,18,21,23-24,30,34,36-40,42-43,45-52H2,1-3H3,(H,58,61)/b11-8+,19-16+,20-17+,25-22+,28-26+,29-27+,33-31+,35-32+,44-41+. The Morgan fingerprint density at radius 1 is 0.492 bits per heavy atom. The molecule has 0 spiro atoms. The first-order valence-electron chi connectivity index (χ1n) is 25.7. The summed E-state index contributed by atoms with van der Waals surface area (Å²) in [5.41, 5.74) is 0. The summed E-state index contributed by atoms with van der Waals surface area (Å²) in [6.45, 7) is 6.29. The van der Waals surface area contributed by atoms with Crippen LogP contribution < -0.4 is 5.32 Å². The Kier molecular flexibility index (Phi) is 46.8. The average Bonchev–Trinajstić information content (AvgIpc) is 3.28. The van der Waals surface area contributed by atoms with Crippen LogP contribution in [-0.4, -0.2) is 46.9 Å². The number of unbranched alkanes of at least 4 members (excludes halogenated alkanes) is 17. The van der Waals surface area contributed by atoms with Crippen LogP contribution in [0.4, 0.5) is 0 Å². The van der Waals surface area contributed by atoms with Crippen molar-refractivity contribution in [2.24, 2.45) is 0 Å². The molecule has 0 saturated carbocycles. The van der Waals surface area contributed by atoms with Gasteiger partial charge in [0.15, 0.2) is 0 Å². The molecule has 0 bridgehead atoms. The summed E-state index contributed by atoms with van der Waals surface area (Å²) >= 11 is 0. The Morgan fingerprint density at radius 2 is 0.921 bits per heavy atom. The molecule has 6 nitrogen and oxygen atoms in total. The molecular weight excluding hydrogens is 779 g/mol. The lowest BCUT2D eigenvalue weighted by Crippen LogP contribution is -2.46. The summed E-state index contributed by atoms with van der Waals surface area (Å²) in [5.74, 6) is -0.621. The van der Waals surface area contributed by atoms with Gasteiger partial charge >= 0.3 is 5.97 Å². The zero-order chi connectivity index (χ0) is 45.9. The second-order valence-electron chi connectivity index (χ2n) is 16.9. The number of aliphatic hydroxyl groups excluding tert-OH is 2. The number of carbonyl (C=O) groups excluding carboxylic acids is 2. The van der Waals surface area contributed by atoms with Crippen molar-refractivity contribution in [2.75, 3.05) is 6.61 Å². The highest BCUT2D eigenvalue weighted by Gasteiger charge is 2.24. The number of esters is 1. The fourth-order valence-electron chi connectivity index (χ4n) is 7.08. The molecular formula is C57H95NO5. The topological polar surface area (TPSA) is 95.9 Å². The van der Waals surface area contributed by atoms with Crippen molar-refractivity contribution < 1.29 is 24.5 Å². The van der Waals surface area contributed by atoms with Crippen LogP contribution in [-0.2, 0) is 14.3 Å². The lowest BCUT2D eigenvalue weighted by atomic mass is 10.0. The van der Waals surface area contributed by atoms with Crippen LogP contribution >= 0.6 is 0 Å². The number of hydrogen-bond donors (Lipinski definition) is 3. The van der Waals surface area contributed by atoms with E-state index in [1.54, 1.807) is 0 Å². The van der Waals surface area contributed by atoms with Gasteiger partial charge in [0.2, 0.25) is 5.91 Å². The van der Waals surface area contributed by atoms with Gasteiger partial charge < -0.3 is 20.3 Å². The van der Waals surface area contributed by atoms with Gasteiger partial charge in [-0.3, -0.25) is 9.59 Å². The first-order chi connectivity index (χ1) is 31.0. The van der Waals surface area contributed by atoms with Crippen molar-refractivity contribution in [1.82, 2.24) is 5.32 Å². The fourth-order valence-corrected chi connectivity index (χ4v) is 7.08. The van der Waals surface area contributed by atoms with Crippen molar-refractivity contribution in [2.45, 2.75) is 232 Å². The van der Waals surface area contributed by atoms with Crippen molar-refractivity contribution in [3.8, 4) is 0 Å². The molecule has 358 valence electrons. The molecule has 3 unspecified atom stereocenters. The van der Waals surface area contributed by atoms with Gasteiger partial charge in [0.25, 0.3) is 0 Å². The highest BCUT2D eigenvalue weighted by Crippen LogP contribution is 2.16. The molecule has 3 atom stereocenters. The molecule has 0 aromatic carbocycles. The van der Waals surface area contributed by atoms with E-state index in [-0.39, 0.29) is 31.3 Å². The number of carbonyl (C=O) groups is 2. The summed E-state index contributed by atoms with van der Waals surface area (Å²) < 4.78 is 5.87. The minimum atomic E-state index is -0.817. The molecule has 0 rings (SSSR count). The number of ether oxygens (including phenoxy) is 1. The van der Waals surface area contributed by atoms with Gasteiger partial charge in [-0.15, -0.1) is 0 Å². The van der Waals surface area contributed by atoms with Gasteiger partial charge in [-0.25, -0.2) is 0 Å². The number of nitrogens with one attached hydrogen (secondary N) is 1. The van der Waals surface area contributed by atoms with E-state index in [4.69, 9.17) is 4.74 Å². The summed E-state index contributed by atoms with van der Waals surface area (Å²) in [6.07, 6.45) is 67.2. The van der Waals surface area contributed by atoms with Crippen LogP contribution in [0.1, 0.15) is 213 Å². The maximum atomic E-state index is 13.2. The summed E-state index contributed by atoms with van der Waals surface area (Å²) in [7, 11) is 0. The first-order valence-corrected chi connectivity index (χ1v) is 25.7. The minimum Gasteiger partial charge on any atom is -0.462 e. The summed E-state index contributed by atoms with van der Waals surface area (Å²) in [4.78, 5) is 26.1. The monoisotopic (exact) mass is 874 g/mol. The van der Waals surface area contributed by atoms with E-state index in [0.717, 1.165) is 83.5 Å². The van der Waals surface area contributed by atoms with Crippen molar-refractivity contribution in [3.05, 3.63) is 109 Å². The Labute approximate surface area is 388 Å². The zero-order valence-corrected chi connectivity index (χ0v) is 40.7. The van der Waals surface area contributed by atoms with Gasteiger partial charge in [-0.05, 0) is 83.5 Å². The van der Waals surface area contributed by atoms with Crippen LogP contribution in [0.3, 0.4) is 0 Å². The fraction of sp³-hybridized carbons (Fsp3) is 0.649. The lowest BCUT2D eigenvalue weighted by Gasteiger charge is -2.24. The number of rotatable bonds is 44. The molecule has 0 fully saturated rings. The van der Waals surface area contributed by atoms with Crippen molar-refractivity contribution >= 4 is 11.9 Å². The molecule has 63 heavy (non-hydrogen) atoms. The van der Waals surface area contributed by atoms with Gasteiger partial charge in [-0.1, -0.05) is 226 Å². The Bertz CT molecular complexity index is 1300. The maximum absolute atomic E-state index is 13.2. The number of allylic oxidation sites excluding steroid dienone is 18. The van der Waals surface area contributed by atoms with E-state index in [9.17, 15) is 19.8 Å². The molecule has 3 N–H and O–H groups in total. The van der Waals surface area contributed by atoms with E-state index >= 15 is 0 Å². The Hall–Kier alpha value is -3.48. The second-order valence-corrected chi connectivity index (χ2v) is 16.9. The molecule has 6 heteroatoms. The SMILES string of the molecule is CC/C=C/C/C=C/C/C=C/C/C=C/C/C=C/CCC(=O)OC(CCCCC/C=C/C=C/C=C/C=C/CCCCC)CC(=O)NC(CO)C(O)CCCCCCCCCCCCCC. The Balaban J connectivity index is 4.83. The smallest absolute Gasteiger partial charge is 0.306 e. The molecule has 0 heterocycles. The zero-order valence-electron chi connectivity index (χ0n) is 40.7. The molecule has 0 aliphatic carbocycles. The summed E-state index contributed by atoms with van der Waals surface area (Å²) in [5, 5.41) is 23.7. The van der Waals surface area contributed by atoms with Crippen LogP contribution in [0.2, 0.25) is 0 Å². The molecule has 0 aliphatic heterocycles. The van der Waals surface area contributed by atoms with Crippen LogP contribution in [0.5, 0.6) is 0 Å². The third-order valence-electron chi connectivity index (χ3n) is 10.9. The van der Waals surface area contributed by atoms with Gasteiger partial charge in [0.05, 0.1) is 25.2 Å². The predicted molar refractivity (Wildman–Crippen MR) is 273 cm³/mol. The van der Waals surface area contributed by atoms with E-state index in [1.165, 1.54) is 77.0 Å². The second kappa shape index (κ2) is 49.5. The highest BCUT2D eigenvalue weighted by atomic mass is 16.5. The average molecular weight is 874 g/mol. The molecule has 0 aliphatic rings. The number of amides is 1. The third kappa shape index (κ3) is 44.9. The lowest BCUT2D eigenvalue weighted by molar-refractivity contribution is -0.150. The van der Waals surface area contributed by atoms with Gasteiger partial charge in [0.1, 0.15) is 6.10 Å². The molecule has 1 amide bonds. The van der Waals surface area contributed by atoms with Gasteiger partial charge in [-0.2, -0.15) is 0 Å². The quantitative estimate of drug-likeness (QED) is 0.0245. The van der Waals surface area contributed by atoms with Crippen LogP contribution in [0.15, 0.2) is 109 Å².